The molecule has 104 valence electrons. The number of nitrogens with one attached hydrogen (secondary N) is 1. The number of hydrogen-bond donors (Lipinski definition) is 2. The van der Waals surface area contributed by atoms with Gasteiger partial charge in [0.25, 0.3) is 0 Å². The summed E-state index contributed by atoms with van der Waals surface area (Å²) in [6, 6.07) is 0. The van der Waals surface area contributed by atoms with E-state index < -0.39 is 12.1 Å². The second-order valence-electron chi connectivity index (χ2n) is 4.36. The highest BCUT2D eigenvalue weighted by Crippen LogP contribution is 2.18. The molecule has 1 aliphatic rings. The first-order valence-corrected chi connectivity index (χ1v) is 6.45. The number of carboxylic acid groups (broad SMARTS) is 1. The zero-order chi connectivity index (χ0) is 13.5. The zero-order valence-corrected chi connectivity index (χ0v) is 11.0. The van der Waals surface area contributed by atoms with Crippen LogP contribution in [0.3, 0.4) is 0 Å². The van der Waals surface area contributed by atoms with E-state index in [0.29, 0.717) is 26.1 Å². The molecule has 1 aliphatic heterocycles. The summed E-state index contributed by atoms with van der Waals surface area (Å²) in [4.78, 5) is 24.1. The minimum atomic E-state index is -0.906. The summed E-state index contributed by atoms with van der Waals surface area (Å²) < 4.78 is 5.33. The van der Waals surface area contributed by atoms with Crippen LogP contribution in [0.4, 0.5) is 0 Å². The standard InChI is InChI=1S/C12H22N2O4/c1-3-14(4-2)11(15)8-13-7-9-5-6-10(18-9)12(16)17/h9-10,13H,3-8H2,1-2H3,(H,16,17). The van der Waals surface area contributed by atoms with Gasteiger partial charge in [-0.25, -0.2) is 4.79 Å². The summed E-state index contributed by atoms with van der Waals surface area (Å²) in [5.74, 6) is -0.843. The van der Waals surface area contributed by atoms with Gasteiger partial charge in [-0.1, -0.05) is 0 Å². The zero-order valence-electron chi connectivity index (χ0n) is 11.0. The Bertz CT molecular complexity index is 292. The highest BCUT2D eigenvalue weighted by molar-refractivity contribution is 5.78. The maximum Gasteiger partial charge on any atom is 0.332 e. The van der Waals surface area contributed by atoms with Crippen molar-refractivity contribution in [3.05, 3.63) is 0 Å². The van der Waals surface area contributed by atoms with Crippen LogP contribution in [0, 0.1) is 0 Å². The lowest BCUT2D eigenvalue weighted by molar-refractivity contribution is -0.149. The van der Waals surface area contributed by atoms with Gasteiger partial charge < -0.3 is 20.1 Å². The molecule has 0 spiro atoms. The average molecular weight is 258 g/mol. The first-order valence-electron chi connectivity index (χ1n) is 6.45. The third kappa shape index (κ3) is 4.27. The molecule has 0 aliphatic carbocycles. The first kappa shape index (κ1) is 14.9. The van der Waals surface area contributed by atoms with E-state index >= 15 is 0 Å². The molecule has 2 N–H and O–H groups in total. The molecule has 1 heterocycles. The quantitative estimate of drug-likeness (QED) is 0.676. The largest absolute Gasteiger partial charge is 0.479 e. The van der Waals surface area contributed by atoms with Gasteiger partial charge in [0, 0.05) is 19.6 Å². The molecule has 2 atom stereocenters. The Kier molecular flexibility index (Phi) is 6.07. The van der Waals surface area contributed by atoms with E-state index in [1.807, 2.05) is 13.8 Å². The normalized spacial score (nSPS) is 23.0. The molecule has 1 rings (SSSR count). The minimum Gasteiger partial charge on any atom is -0.479 e. The summed E-state index contributed by atoms with van der Waals surface area (Å²) in [5.41, 5.74) is 0. The lowest BCUT2D eigenvalue weighted by Crippen LogP contribution is -2.40. The van der Waals surface area contributed by atoms with E-state index in [1.54, 1.807) is 4.90 Å². The van der Waals surface area contributed by atoms with Crippen molar-refractivity contribution in [3.8, 4) is 0 Å². The molecule has 2 unspecified atom stereocenters. The monoisotopic (exact) mass is 258 g/mol. The Morgan fingerprint density at radius 2 is 2.00 bits per heavy atom. The number of aliphatic carboxylic acids is 1. The fraction of sp³-hybridized carbons (Fsp3) is 0.833. The van der Waals surface area contributed by atoms with Crippen LogP contribution >= 0.6 is 0 Å². The molecule has 6 heteroatoms. The fourth-order valence-corrected chi connectivity index (χ4v) is 2.07. The summed E-state index contributed by atoms with van der Waals surface area (Å²) in [6.45, 7) is 6.10. The molecule has 1 amide bonds. The van der Waals surface area contributed by atoms with Gasteiger partial charge in [-0.05, 0) is 26.7 Å². The van der Waals surface area contributed by atoms with Crippen molar-refractivity contribution in [2.75, 3.05) is 26.2 Å². The van der Waals surface area contributed by atoms with Gasteiger partial charge in [-0.15, -0.1) is 0 Å². The Balaban J connectivity index is 2.19. The molecule has 0 aromatic heterocycles. The van der Waals surface area contributed by atoms with E-state index in [2.05, 4.69) is 5.32 Å². The molecule has 0 aromatic carbocycles. The number of ether oxygens (including phenoxy) is 1. The number of hydrogen-bond acceptors (Lipinski definition) is 4. The van der Waals surface area contributed by atoms with Gasteiger partial charge in [0.2, 0.25) is 5.91 Å². The molecular weight excluding hydrogens is 236 g/mol. The fourth-order valence-electron chi connectivity index (χ4n) is 2.07. The maximum absolute atomic E-state index is 11.7. The second-order valence-corrected chi connectivity index (χ2v) is 4.36. The number of rotatable bonds is 7. The predicted molar refractivity (Wildman–Crippen MR) is 66.3 cm³/mol. The van der Waals surface area contributed by atoms with Crippen LogP contribution < -0.4 is 5.32 Å². The highest BCUT2D eigenvalue weighted by atomic mass is 16.5. The summed E-state index contributed by atoms with van der Waals surface area (Å²) in [6.07, 6.45) is 0.487. The molecule has 1 saturated heterocycles. The van der Waals surface area contributed by atoms with Crippen LogP contribution in [0.2, 0.25) is 0 Å². The lowest BCUT2D eigenvalue weighted by Gasteiger charge is -2.19. The van der Waals surface area contributed by atoms with E-state index in [9.17, 15) is 9.59 Å². The first-order chi connectivity index (χ1) is 8.58. The third-order valence-corrected chi connectivity index (χ3v) is 3.15. The van der Waals surface area contributed by atoms with E-state index in [0.717, 1.165) is 6.42 Å². The molecular formula is C12H22N2O4. The van der Waals surface area contributed by atoms with Crippen molar-refractivity contribution in [2.24, 2.45) is 0 Å². The molecule has 0 bridgehead atoms. The van der Waals surface area contributed by atoms with Crippen molar-refractivity contribution in [3.63, 3.8) is 0 Å². The number of carbonyl (C=O) groups excluding carboxylic acids is 1. The number of likely N-dealkylation sites (N-methyl/N-ethyl adjacent to an activating group) is 1. The van der Waals surface area contributed by atoms with Gasteiger partial charge in [-0.2, -0.15) is 0 Å². The Labute approximate surface area is 107 Å². The van der Waals surface area contributed by atoms with Crippen molar-refractivity contribution in [2.45, 2.75) is 38.9 Å². The summed E-state index contributed by atoms with van der Waals surface area (Å²) >= 11 is 0. The van der Waals surface area contributed by atoms with E-state index in [4.69, 9.17) is 9.84 Å². The van der Waals surface area contributed by atoms with Crippen LogP contribution in [0.5, 0.6) is 0 Å². The number of carbonyl (C=O) groups is 2. The van der Waals surface area contributed by atoms with E-state index in [1.165, 1.54) is 0 Å². The van der Waals surface area contributed by atoms with Crippen LogP contribution in [-0.2, 0) is 14.3 Å². The molecule has 1 fully saturated rings. The number of carboxylic acids is 1. The molecule has 18 heavy (non-hydrogen) atoms. The Morgan fingerprint density at radius 1 is 1.33 bits per heavy atom. The smallest absolute Gasteiger partial charge is 0.332 e. The highest BCUT2D eigenvalue weighted by Gasteiger charge is 2.30. The Morgan fingerprint density at radius 3 is 2.50 bits per heavy atom. The molecule has 0 aromatic rings. The third-order valence-electron chi connectivity index (χ3n) is 3.15. The predicted octanol–water partition coefficient (Wildman–Crippen LogP) is 0.0766. The Hall–Kier alpha value is -1.14. The molecule has 0 radical (unpaired) electrons. The SMILES string of the molecule is CCN(CC)C(=O)CNCC1CCC(C(=O)O)O1. The van der Waals surface area contributed by atoms with Gasteiger partial charge >= 0.3 is 5.97 Å². The van der Waals surface area contributed by atoms with Gasteiger partial charge in [0.05, 0.1) is 12.6 Å². The summed E-state index contributed by atoms with van der Waals surface area (Å²) in [7, 11) is 0. The second kappa shape index (κ2) is 7.33. The van der Waals surface area contributed by atoms with E-state index in [-0.39, 0.29) is 18.6 Å². The maximum atomic E-state index is 11.7. The van der Waals surface area contributed by atoms with Crippen LogP contribution in [0.1, 0.15) is 26.7 Å². The topological polar surface area (TPSA) is 78.9 Å². The van der Waals surface area contributed by atoms with Crippen LogP contribution in [0.15, 0.2) is 0 Å². The molecule has 0 saturated carbocycles. The summed E-state index contributed by atoms with van der Waals surface area (Å²) in [5, 5.41) is 11.8. The van der Waals surface area contributed by atoms with Gasteiger partial charge in [0.1, 0.15) is 0 Å². The van der Waals surface area contributed by atoms with Gasteiger partial charge in [0.15, 0.2) is 6.10 Å². The van der Waals surface area contributed by atoms with Crippen LogP contribution in [-0.4, -0.2) is 60.3 Å². The van der Waals surface area contributed by atoms with Crippen molar-refractivity contribution in [1.82, 2.24) is 10.2 Å². The van der Waals surface area contributed by atoms with Gasteiger partial charge in [-0.3, -0.25) is 4.79 Å². The van der Waals surface area contributed by atoms with Crippen molar-refractivity contribution in [1.29, 1.82) is 0 Å². The minimum absolute atomic E-state index is 0.0628. The van der Waals surface area contributed by atoms with Crippen molar-refractivity contribution < 1.29 is 19.4 Å². The number of amides is 1. The molecule has 6 nitrogen and oxygen atoms in total. The number of nitrogens with zero attached hydrogens (tertiary/aromatic N) is 1. The van der Waals surface area contributed by atoms with Crippen LogP contribution in [0.25, 0.3) is 0 Å². The van der Waals surface area contributed by atoms with Crippen molar-refractivity contribution >= 4 is 11.9 Å². The average Bonchev–Trinajstić information content (AvgIpc) is 2.79. The lowest BCUT2D eigenvalue weighted by atomic mass is 10.2.